The normalized spacial score (nSPS) is 21.0. The van der Waals surface area contributed by atoms with Crippen LogP contribution < -0.4 is 0 Å². The van der Waals surface area contributed by atoms with E-state index < -0.39 is 0 Å². The molecule has 0 radical (unpaired) electrons. The highest BCUT2D eigenvalue weighted by Crippen LogP contribution is 2.12. The zero-order valence-electron chi connectivity index (χ0n) is 8.23. The number of nitrogens with zero attached hydrogens (tertiary/aromatic N) is 1. The van der Waals surface area contributed by atoms with Crippen LogP contribution in [0.4, 0.5) is 0 Å². The first-order valence-corrected chi connectivity index (χ1v) is 5.11. The number of ether oxygens (including phenoxy) is 1. The van der Waals surface area contributed by atoms with Gasteiger partial charge in [0.1, 0.15) is 0 Å². The third-order valence-electron chi connectivity index (χ3n) is 2.44. The molecular formula is C12H15NO. The highest BCUT2D eigenvalue weighted by molar-refractivity contribution is 5.04. The number of hydrogen-bond acceptors (Lipinski definition) is 2. The Morgan fingerprint density at radius 2 is 2.36 bits per heavy atom. The van der Waals surface area contributed by atoms with E-state index in [1.165, 1.54) is 0 Å². The molecule has 2 rings (SSSR count). The highest BCUT2D eigenvalue weighted by Gasteiger charge is 2.09. The molecule has 0 N–H and O–H groups in total. The Kier molecular flexibility index (Phi) is 3.30. The van der Waals surface area contributed by atoms with E-state index in [4.69, 9.17) is 4.74 Å². The Bertz CT molecular complexity index is 294. The molecule has 1 aromatic rings. The summed E-state index contributed by atoms with van der Waals surface area (Å²) in [7, 11) is 0. The van der Waals surface area contributed by atoms with E-state index in [0.29, 0.717) is 6.10 Å². The van der Waals surface area contributed by atoms with Gasteiger partial charge < -0.3 is 4.74 Å². The van der Waals surface area contributed by atoms with Gasteiger partial charge in [-0.25, -0.2) is 0 Å². The molecule has 0 amide bonds. The van der Waals surface area contributed by atoms with E-state index in [1.807, 2.05) is 18.3 Å². The van der Waals surface area contributed by atoms with Crippen molar-refractivity contribution >= 4 is 0 Å². The standard InChI is InChI=1S/C12H15NO/c1-3-9-13-11(5-1)7-8-12-6-2-4-10-14-12/h1-5,9,12H,6-8,10H2. The number of pyridine rings is 1. The number of aromatic nitrogens is 1. The second kappa shape index (κ2) is 4.91. The third-order valence-corrected chi connectivity index (χ3v) is 2.44. The molecule has 2 heteroatoms. The minimum Gasteiger partial charge on any atom is -0.374 e. The molecule has 2 nitrogen and oxygen atoms in total. The molecule has 1 atom stereocenters. The molecule has 0 aliphatic carbocycles. The lowest BCUT2D eigenvalue weighted by Gasteiger charge is -2.18. The second-order valence-corrected chi connectivity index (χ2v) is 3.52. The molecule has 0 bridgehead atoms. The minimum absolute atomic E-state index is 0.391. The van der Waals surface area contributed by atoms with Crippen LogP contribution in [0, 0.1) is 0 Å². The topological polar surface area (TPSA) is 22.1 Å². The predicted octanol–water partition coefficient (Wildman–Crippen LogP) is 2.36. The molecule has 0 saturated heterocycles. The number of aryl methyl sites for hydroxylation is 1. The van der Waals surface area contributed by atoms with E-state index in [9.17, 15) is 0 Å². The van der Waals surface area contributed by atoms with Crippen molar-refractivity contribution in [3.63, 3.8) is 0 Å². The molecule has 2 heterocycles. The quantitative estimate of drug-likeness (QED) is 0.681. The zero-order chi connectivity index (χ0) is 9.64. The summed E-state index contributed by atoms with van der Waals surface area (Å²) in [5, 5.41) is 0. The van der Waals surface area contributed by atoms with Crippen LogP contribution in [0.2, 0.25) is 0 Å². The molecule has 0 aromatic carbocycles. The largest absolute Gasteiger partial charge is 0.374 e. The highest BCUT2D eigenvalue weighted by atomic mass is 16.5. The number of rotatable bonds is 3. The maximum absolute atomic E-state index is 5.59. The van der Waals surface area contributed by atoms with Crippen molar-refractivity contribution < 1.29 is 4.74 Å². The van der Waals surface area contributed by atoms with Gasteiger partial charge in [0.2, 0.25) is 0 Å². The number of hydrogen-bond donors (Lipinski definition) is 0. The summed E-state index contributed by atoms with van der Waals surface area (Å²) in [5.74, 6) is 0. The Morgan fingerprint density at radius 1 is 1.36 bits per heavy atom. The maximum Gasteiger partial charge on any atom is 0.0651 e. The van der Waals surface area contributed by atoms with Crippen molar-refractivity contribution in [2.45, 2.75) is 25.4 Å². The summed E-state index contributed by atoms with van der Waals surface area (Å²) >= 11 is 0. The Balaban J connectivity index is 1.80. The van der Waals surface area contributed by atoms with E-state index in [2.05, 4.69) is 23.2 Å². The zero-order valence-corrected chi connectivity index (χ0v) is 8.23. The molecule has 1 aliphatic rings. The van der Waals surface area contributed by atoms with Crippen molar-refractivity contribution in [2.24, 2.45) is 0 Å². The lowest BCUT2D eigenvalue weighted by Crippen LogP contribution is -2.16. The van der Waals surface area contributed by atoms with Gasteiger partial charge >= 0.3 is 0 Å². The molecule has 0 fully saturated rings. The van der Waals surface area contributed by atoms with Gasteiger partial charge in [-0.15, -0.1) is 0 Å². The average molecular weight is 189 g/mol. The van der Waals surface area contributed by atoms with Crippen LogP contribution in [0.25, 0.3) is 0 Å². The van der Waals surface area contributed by atoms with E-state index in [1.54, 1.807) is 0 Å². The van der Waals surface area contributed by atoms with Crippen molar-refractivity contribution in [1.29, 1.82) is 0 Å². The van der Waals surface area contributed by atoms with Gasteiger partial charge in [-0.1, -0.05) is 18.2 Å². The van der Waals surface area contributed by atoms with Crippen LogP contribution in [0.15, 0.2) is 36.5 Å². The van der Waals surface area contributed by atoms with Crippen LogP contribution in [0.1, 0.15) is 18.5 Å². The summed E-state index contributed by atoms with van der Waals surface area (Å²) in [6.07, 6.45) is 9.65. The SMILES string of the molecule is C1=CCC(CCc2ccccn2)OC1. The van der Waals surface area contributed by atoms with Crippen molar-refractivity contribution in [1.82, 2.24) is 4.98 Å². The monoisotopic (exact) mass is 189 g/mol. The van der Waals surface area contributed by atoms with Crippen LogP contribution in [0.3, 0.4) is 0 Å². The van der Waals surface area contributed by atoms with Gasteiger partial charge in [-0.3, -0.25) is 4.98 Å². The molecule has 0 saturated carbocycles. The van der Waals surface area contributed by atoms with Crippen LogP contribution in [-0.2, 0) is 11.2 Å². The summed E-state index contributed by atoms with van der Waals surface area (Å²) in [6.45, 7) is 0.771. The fraction of sp³-hybridized carbons (Fsp3) is 0.417. The fourth-order valence-electron chi connectivity index (χ4n) is 1.63. The van der Waals surface area contributed by atoms with Gasteiger partial charge in [0.15, 0.2) is 0 Å². The molecule has 0 spiro atoms. The lowest BCUT2D eigenvalue weighted by atomic mass is 10.1. The summed E-state index contributed by atoms with van der Waals surface area (Å²) in [5.41, 5.74) is 1.16. The van der Waals surface area contributed by atoms with Crippen LogP contribution in [-0.4, -0.2) is 17.7 Å². The molecule has 74 valence electrons. The third kappa shape index (κ3) is 2.67. The van der Waals surface area contributed by atoms with Crippen molar-refractivity contribution in [3.8, 4) is 0 Å². The molecule has 1 aromatic heterocycles. The Morgan fingerprint density at radius 3 is 3.07 bits per heavy atom. The molecule has 1 aliphatic heterocycles. The average Bonchev–Trinajstić information content (AvgIpc) is 2.29. The van der Waals surface area contributed by atoms with Gasteiger partial charge in [-0.05, 0) is 31.4 Å². The molecular weight excluding hydrogens is 174 g/mol. The Hall–Kier alpha value is -1.15. The smallest absolute Gasteiger partial charge is 0.0651 e. The predicted molar refractivity (Wildman–Crippen MR) is 56.1 cm³/mol. The summed E-state index contributed by atoms with van der Waals surface area (Å²) in [4.78, 5) is 4.29. The van der Waals surface area contributed by atoms with Crippen LogP contribution in [0.5, 0.6) is 0 Å². The summed E-state index contributed by atoms with van der Waals surface area (Å²) in [6, 6.07) is 6.05. The first-order valence-electron chi connectivity index (χ1n) is 5.11. The van der Waals surface area contributed by atoms with Gasteiger partial charge in [-0.2, -0.15) is 0 Å². The second-order valence-electron chi connectivity index (χ2n) is 3.52. The van der Waals surface area contributed by atoms with Crippen molar-refractivity contribution in [3.05, 3.63) is 42.2 Å². The van der Waals surface area contributed by atoms with Gasteiger partial charge in [0, 0.05) is 11.9 Å². The van der Waals surface area contributed by atoms with Crippen LogP contribution >= 0.6 is 0 Å². The fourth-order valence-corrected chi connectivity index (χ4v) is 1.63. The van der Waals surface area contributed by atoms with Crippen molar-refractivity contribution in [2.75, 3.05) is 6.61 Å². The van der Waals surface area contributed by atoms with Gasteiger partial charge in [0.25, 0.3) is 0 Å². The lowest BCUT2D eigenvalue weighted by molar-refractivity contribution is 0.0618. The van der Waals surface area contributed by atoms with Gasteiger partial charge in [0.05, 0.1) is 12.7 Å². The Labute approximate surface area is 84.6 Å². The maximum atomic E-state index is 5.59. The molecule has 14 heavy (non-hydrogen) atoms. The minimum atomic E-state index is 0.391. The van der Waals surface area contributed by atoms with E-state index >= 15 is 0 Å². The van der Waals surface area contributed by atoms with E-state index in [-0.39, 0.29) is 0 Å². The molecule has 1 unspecified atom stereocenters. The van der Waals surface area contributed by atoms with E-state index in [0.717, 1.165) is 31.6 Å². The summed E-state index contributed by atoms with van der Waals surface area (Å²) < 4.78 is 5.59. The first-order chi connectivity index (χ1) is 6.95. The first kappa shape index (κ1) is 9.41.